The number of rotatable bonds is 4. The van der Waals surface area contributed by atoms with Crippen molar-refractivity contribution in [1.29, 1.82) is 0 Å². The lowest BCUT2D eigenvalue weighted by Gasteiger charge is -2.05. The van der Waals surface area contributed by atoms with Gasteiger partial charge in [-0.2, -0.15) is 0 Å². The quantitative estimate of drug-likeness (QED) is 0.663. The molecule has 94 valence electrons. The van der Waals surface area contributed by atoms with Gasteiger partial charge in [0.1, 0.15) is 11.5 Å². The summed E-state index contributed by atoms with van der Waals surface area (Å²) in [5, 5.41) is 17.7. The molecule has 0 fully saturated rings. The van der Waals surface area contributed by atoms with Crippen molar-refractivity contribution in [2.75, 3.05) is 5.32 Å². The van der Waals surface area contributed by atoms with Crippen molar-refractivity contribution in [3.63, 3.8) is 0 Å². The minimum absolute atomic E-state index is 0.123. The highest BCUT2D eigenvalue weighted by Gasteiger charge is 2.10. The average Bonchev–Trinajstić information content (AvgIpc) is 2.72. The summed E-state index contributed by atoms with van der Waals surface area (Å²) in [7, 11) is 0. The summed E-state index contributed by atoms with van der Waals surface area (Å²) in [5.41, 5.74) is 2.36. The smallest absolute Gasteiger partial charge is 0.272 e. The molecule has 0 unspecified atom stereocenters. The third-order valence-electron chi connectivity index (χ3n) is 2.54. The summed E-state index contributed by atoms with van der Waals surface area (Å²) >= 11 is 0. The summed E-state index contributed by atoms with van der Waals surface area (Å²) in [6.07, 6.45) is 0. The Morgan fingerprint density at radius 3 is 2.72 bits per heavy atom. The monoisotopic (exact) mass is 247 g/mol. The van der Waals surface area contributed by atoms with Crippen molar-refractivity contribution in [3.05, 3.63) is 51.4 Å². The van der Waals surface area contributed by atoms with E-state index in [1.807, 2.05) is 13.0 Å². The van der Waals surface area contributed by atoms with Crippen molar-refractivity contribution in [1.82, 2.24) is 5.16 Å². The van der Waals surface area contributed by atoms with E-state index in [1.165, 1.54) is 6.07 Å². The van der Waals surface area contributed by atoms with Crippen LogP contribution in [0.1, 0.15) is 17.0 Å². The van der Waals surface area contributed by atoms with Gasteiger partial charge in [0, 0.05) is 23.4 Å². The normalized spacial score (nSPS) is 10.3. The Morgan fingerprint density at radius 2 is 2.17 bits per heavy atom. The Morgan fingerprint density at radius 1 is 1.39 bits per heavy atom. The van der Waals surface area contributed by atoms with E-state index in [2.05, 4.69) is 10.5 Å². The first-order chi connectivity index (χ1) is 8.56. The zero-order valence-electron chi connectivity index (χ0n) is 10.1. The van der Waals surface area contributed by atoms with E-state index in [4.69, 9.17) is 4.52 Å². The van der Waals surface area contributed by atoms with E-state index in [0.717, 1.165) is 17.1 Å². The molecular formula is C12H13N3O3. The molecule has 1 N–H and O–H groups in total. The van der Waals surface area contributed by atoms with Crippen LogP contribution >= 0.6 is 0 Å². The van der Waals surface area contributed by atoms with Crippen molar-refractivity contribution in [2.45, 2.75) is 20.4 Å². The molecule has 6 heteroatoms. The molecule has 0 aliphatic heterocycles. The van der Waals surface area contributed by atoms with E-state index < -0.39 is 0 Å². The molecule has 0 amide bonds. The molecular weight excluding hydrogens is 234 g/mol. The molecule has 0 aliphatic carbocycles. The van der Waals surface area contributed by atoms with Crippen LogP contribution < -0.4 is 5.32 Å². The van der Waals surface area contributed by atoms with Gasteiger partial charge < -0.3 is 9.84 Å². The molecule has 6 nitrogen and oxygen atoms in total. The van der Waals surface area contributed by atoms with Gasteiger partial charge in [-0.05, 0) is 26.0 Å². The first-order valence-corrected chi connectivity index (χ1v) is 5.47. The number of benzene rings is 1. The van der Waals surface area contributed by atoms with Crippen LogP contribution in [0.2, 0.25) is 0 Å². The van der Waals surface area contributed by atoms with Gasteiger partial charge in [0.2, 0.25) is 0 Å². The first-order valence-electron chi connectivity index (χ1n) is 5.47. The highest BCUT2D eigenvalue weighted by molar-refractivity contribution is 5.53. The van der Waals surface area contributed by atoms with Gasteiger partial charge in [0.25, 0.3) is 5.69 Å². The van der Waals surface area contributed by atoms with Gasteiger partial charge in [-0.15, -0.1) is 0 Å². The van der Waals surface area contributed by atoms with Crippen LogP contribution in [0.25, 0.3) is 0 Å². The number of nitrogens with one attached hydrogen (secondary N) is 1. The van der Waals surface area contributed by atoms with E-state index >= 15 is 0 Å². The highest BCUT2D eigenvalue weighted by atomic mass is 16.6. The molecule has 0 saturated carbocycles. The number of aryl methyl sites for hydroxylation is 2. The van der Waals surface area contributed by atoms with Crippen molar-refractivity contribution in [2.24, 2.45) is 0 Å². The lowest BCUT2D eigenvalue weighted by atomic mass is 10.2. The van der Waals surface area contributed by atoms with Gasteiger partial charge in [0.15, 0.2) is 0 Å². The fourth-order valence-electron chi connectivity index (χ4n) is 1.66. The molecule has 1 aromatic heterocycles. The van der Waals surface area contributed by atoms with E-state index in [0.29, 0.717) is 12.1 Å². The molecule has 18 heavy (non-hydrogen) atoms. The largest absolute Gasteiger partial charge is 0.379 e. The molecule has 0 aliphatic rings. The SMILES string of the molecule is Cc1cc(CNc2ccc([N+](=O)[O-])c(C)c2)no1. The zero-order valence-corrected chi connectivity index (χ0v) is 10.1. The lowest BCUT2D eigenvalue weighted by Crippen LogP contribution is -2.00. The molecule has 2 aromatic rings. The fourth-order valence-corrected chi connectivity index (χ4v) is 1.66. The summed E-state index contributed by atoms with van der Waals surface area (Å²) in [4.78, 5) is 10.3. The number of nitrogens with zero attached hydrogens (tertiary/aromatic N) is 2. The number of hydrogen-bond donors (Lipinski definition) is 1. The van der Waals surface area contributed by atoms with Crippen LogP contribution in [-0.2, 0) is 6.54 Å². The summed E-state index contributed by atoms with van der Waals surface area (Å²) in [6, 6.07) is 6.75. The van der Waals surface area contributed by atoms with E-state index in [9.17, 15) is 10.1 Å². The Hall–Kier alpha value is -2.37. The van der Waals surface area contributed by atoms with Gasteiger partial charge >= 0.3 is 0 Å². The molecule has 0 atom stereocenters. The number of nitro benzene ring substituents is 1. The minimum Gasteiger partial charge on any atom is -0.379 e. The lowest BCUT2D eigenvalue weighted by molar-refractivity contribution is -0.385. The molecule has 1 heterocycles. The maximum absolute atomic E-state index is 10.7. The third kappa shape index (κ3) is 2.65. The second-order valence-electron chi connectivity index (χ2n) is 4.04. The Labute approximate surface area is 104 Å². The first kappa shape index (κ1) is 12.1. The third-order valence-corrected chi connectivity index (χ3v) is 2.54. The zero-order chi connectivity index (χ0) is 13.1. The fraction of sp³-hybridized carbons (Fsp3) is 0.250. The maximum atomic E-state index is 10.7. The topological polar surface area (TPSA) is 81.2 Å². The van der Waals surface area contributed by atoms with Crippen molar-refractivity contribution >= 4 is 11.4 Å². The van der Waals surface area contributed by atoms with Crippen LogP contribution in [0, 0.1) is 24.0 Å². The van der Waals surface area contributed by atoms with Crippen LogP contribution in [0.5, 0.6) is 0 Å². The second-order valence-corrected chi connectivity index (χ2v) is 4.04. The molecule has 1 aromatic carbocycles. The van der Waals surface area contributed by atoms with Gasteiger partial charge in [-0.25, -0.2) is 0 Å². The van der Waals surface area contributed by atoms with Gasteiger partial charge in [0.05, 0.1) is 11.5 Å². The number of anilines is 1. The molecule has 2 rings (SSSR count). The van der Waals surface area contributed by atoms with Gasteiger partial charge in [-0.3, -0.25) is 10.1 Å². The predicted octanol–water partition coefficient (Wildman–Crippen LogP) is 2.81. The maximum Gasteiger partial charge on any atom is 0.272 e. The van der Waals surface area contributed by atoms with Crippen LogP contribution in [-0.4, -0.2) is 10.1 Å². The number of aromatic nitrogens is 1. The molecule has 0 spiro atoms. The molecule has 0 saturated heterocycles. The van der Waals surface area contributed by atoms with Crippen LogP contribution in [0.4, 0.5) is 11.4 Å². The molecule has 0 radical (unpaired) electrons. The van der Waals surface area contributed by atoms with Gasteiger partial charge in [-0.1, -0.05) is 5.16 Å². The van der Waals surface area contributed by atoms with Crippen molar-refractivity contribution < 1.29 is 9.45 Å². The summed E-state index contributed by atoms with van der Waals surface area (Å²) in [5.74, 6) is 0.756. The minimum atomic E-state index is -0.389. The van der Waals surface area contributed by atoms with Crippen LogP contribution in [0.3, 0.4) is 0 Å². The Kier molecular flexibility index (Phi) is 3.27. The summed E-state index contributed by atoms with van der Waals surface area (Å²) < 4.78 is 4.95. The van der Waals surface area contributed by atoms with Crippen molar-refractivity contribution in [3.8, 4) is 0 Å². The summed E-state index contributed by atoms with van der Waals surface area (Å²) in [6.45, 7) is 4.06. The number of nitro groups is 1. The van der Waals surface area contributed by atoms with Crippen LogP contribution in [0.15, 0.2) is 28.8 Å². The Balaban J connectivity index is 2.06. The average molecular weight is 247 g/mol. The standard InChI is InChI=1S/C12H13N3O3/c1-8-5-10(3-4-12(8)15(16)17)13-7-11-6-9(2)18-14-11/h3-6,13H,7H2,1-2H3. The van der Waals surface area contributed by atoms with E-state index in [-0.39, 0.29) is 10.6 Å². The van der Waals surface area contributed by atoms with E-state index in [1.54, 1.807) is 19.1 Å². The molecule has 0 bridgehead atoms. The number of hydrogen-bond acceptors (Lipinski definition) is 5. The highest BCUT2D eigenvalue weighted by Crippen LogP contribution is 2.21. The second kappa shape index (κ2) is 4.87. The Bertz CT molecular complexity index is 578. The predicted molar refractivity (Wildman–Crippen MR) is 66.4 cm³/mol.